The first-order valence-corrected chi connectivity index (χ1v) is 5.76. The summed E-state index contributed by atoms with van der Waals surface area (Å²) >= 11 is 1.62. The number of aryl methyl sites for hydroxylation is 1. The average Bonchev–Trinajstić information content (AvgIpc) is 2.64. The maximum atomic E-state index is 4.94. The van der Waals surface area contributed by atoms with E-state index in [1.54, 1.807) is 18.4 Å². The Morgan fingerprint density at radius 1 is 1.40 bits per heavy atom. The van der Waals surface area contributed by atoms with E-state index in [9.17, 15) is 0 Å². The number of hydrogen-bond acceptors (Lipinski definition) is 6. The first-order chi connectivity index (χ1) is 7.24. The molecule has 0 aliphatic heterocycles. The number of nitrogens with one attached hydrogen (secondary N) is 1. The highest BCUT2D eigenvalue weighted by Crippen LogP contribution is 2.16. The molecule has 0 aromatic carbocycles. The van der Waals surface area contributed by atoms with E-state index in [0.717, 1.165) is 36.4 Å². The van der Waals surface area contributed by atoms with Crippen molar-refractivity contribution < 1.29 is 4.74 Å². The van der Waals surface area contributed by atoms with E-state index in [-0.39, 0.29) is 0 Å². The minimum Gasteiger partial charge on any atom is -0.383 e. The quantitative estimate of drug-likeness (QED) is 0.692. The van der Waals surface area contributed by atoms with E-state index < -0.39 is 0 Å². The zero-order valence-electron chi connectivity index (χ0n) is 9.49. The van der Waals surface area contributed by atoms with E-state index in [2.05, 4.69) is 20.4 Å². The van der Waals surface area contributed by atoms with Crippen molar-refractivity contribution >= 4 is 16.5 Å². The van der Waals surface area contributed by atoms with Crippen molar-refractivity contribution in [3.05, 3.63) is 5.01 Å². The molecule has 6 heteroatoms. The molecule has 86 valence electrons. The minimum atomic E-state index is 0.752. The largest absolute Gasteiger partial charge is 0.383 e. The van der Waals surface area contributed by atoms with Gasteiger partial charge in [0.1, 0.15) is 5.01 Å². The van der Waals surface area contributed by atoms with Gasteiger partial charge in [-0.1, -0.05) is 11.3 Å². The second kappa shape index (κ2) is 6.71. The van der Waals surface area contributed by atoms with Crippen LogP contribution < -0.4 is 10.2 Å². The lowest BCUT2D eigenvalue weighted by molar-refractivity contribution is 0.200. The number of aromatic nitrogens is 2. The lowest BCUT2D eigenvalue weighted by Gasteiger charge is -2.14. The topological polar surface area (TPSA) is 50.3 Å². The summed E-state index contributed by atoms with van der Waals surface area (Å²) in [5.41, 5.74) is 0. The number of nitrogens with zero attached hydrogens (tertiary/aromatic N) is 3. The van der Waals surface area contributed by atoms with Gasteiger partial charge in [0.2, 0.25) is 5.13 Å². The van der Waals surface area contributed by atoms with Crippen molar-refractivity contribution in [2.45, 2.75) is 6.92 Å². The van der Waals surface area contributed by atoms with Gasteiger partial charge in [-0.2, -0.15) is 0 Å². The number of methoxy groups -OCH3 is 1. The Hall–Kier alpha value is -0.720. The number of ether oxygens (including phenoxy) is 1. The third-order valence-electron chi connectivity index (χ3n) is 1.95. The van der Waals surface area contributed by atoms with Gasteiger partial charge in [0, 0.05) is 33.8 Å². The first kappa shape index (κ1) is 12.4. The van der Waals surface area contributed by atoms with Gasteiger partial charge in [-0.15, -0.1) is 10.2 Å². The second-order valence-electron chi connectivity index (χ2n) is 3.27. The van der Waals surface area contributed by atoms with Crippen LogP contribution in [0.2, 0.25) is 0 Å². The maximum Gasteiger partial charge on any atom is 0.208 e. The summed E-state index contributed by atoms with van der Waals surface area (Å²) in [7, 11) is 3.73. The van der Waals surface area contributed by atoms with Crippen LogP contribution in [0.1, 0.15) is 5.01 Å². The molecule has 1 heterocycles. The molecule has 0 fully saturated rings. The molecule has 0 aliphatic rings. The van der Waals surface area contributed by atoms with Crippen LogP contribution in [0.5, 0.6) is 0 Å². The Morgan fingerprint density at radius 2 is 2.20 bits per heavy atom. The molecular formula is C9H18N4OS. The van der Waals surface area contributed by atoms with Crippen LogP contribution in [0, 0.1) is 6.92 Å². The zero-order valence-corrected chi connectivity index (χ0v) is 10.3. The normalized spacial score (nSPS) is 10.6. The summed E-state index contributed by atoms with van der Waals surface area (Å²) < 4.78 is 4.94. The summed E-state index contributed by atoms with van der Waals surface area (Å²) in [5.74, 6) is 0. The number of anilines is 1. The molecule has 0 saturated carbocycles. The highest BCUT2D eigenvalue weighted by atomic mass is 32.1. The average molecular weight is 230 g/mol. The number of likely N-dealkylation sites (N-methyl/N-ethyl adjacent to an activating group) is 1. The van der Waals surface area contributed by atoms with Gasteiger partial charge >= 0.3 is 0 Å². The van der Waals surface area contributed by atoms with Gasteiger partial charge in [-0.25, -0.2) is 0 Å². The lowest BCUT2D eigenvalue weighted by atomic mass is 10.5. The molecule has 0 aliphatic carbocycles. The molecule has 0 saturated heterocycles. The van der Waals surface area contributed by atoms with Crippen LogP contribution in [0.4, 0.5) is 5.13 Å². The van der Waals surface area contributed by atoms with E-state index in [4.69, 9.17) is 4.74 Å². The Balaban J connectivity index is 2.16. The molecule has 0 bridgehead atoms. The van der Waals surface area contributed by atoms with Gasteiger partial charge in [0.15, 0.2) is 0 Å². The van der Waals surface area contributed by atoms with Crippen LogP contribution in [0.15, 0.2) is 0 Å². The summed E-state index contributed by atoms with van der Waals surface area (Å²) in [6.07, 6.45) is 0. The van der Waals surface area contributed by atoms with Crippen LogP contribution in [-0.2, 0) is 4.74 Å². The van der Waals surface area contributed by atoms with Gasteiger partial charge in [-0.05, 0) is 6.92 Å². The number of rotatable bonds is 7. The van der Waals surface area contributed by atoms with Crippen molar-refractivity contribution in [1.29, 1.82) is 0 Å². The van der Waals surface area contributed by atoms with Crippen molar-refractivity contribution in [2.24, 2.45) is 0 Å². The second-order valence-corrected chi connectivity index (χ2v) is 4.43. The Bertz CT molecular complexity index is 279. The van der Waals surface area contributed by atoms with Crippen molar-refractivity contribution in [1.82, 2.24) is 15.5 Å². The third kappa shape index (κ3) is 4.55. The van der Waals surface area contributed by atoms with Crippen molar-refractivity contribution in [3.8, 4) is 0 Å². The third-order valence-corrected chi connectivity index (χ3v) is 2.90. The molecule has 0 spiro atoms. The minimum absolute atomic E-state index is 0.752. The van der Waals surface area contributed by atoms with E-state index in [0.29, 0.717) is 0 Å². The number of hydrogen-bond donors (Lipinski definition) is 1. The van der Waals surface area contributed by atoms with Crippen LogP contribution >= 0.6 is 11.3 Å². The molecule has 0 unspecified atom stereocenters. The summed E-state index contributed by atoms with van der Waals surface area (Å²) in [6.45, 7) is 5.46. The molecule has 0 amide bonds. The van der Waals surface area contributed by atoms with E-state index in [1.165, 1.54) is 0 Å². The van der Waals surface area contributed by atoms with E-state index in [1.807, 2.05) is 14.0 Å². The van der Waals surface area contributed by atoms with Crippen LogP contribution in [-0.4, -0.2) is 50.6 Å². The SMILES string of the molecule is COCCNCCN(C)c1nnc(C)s1. The molecule has 1 aromatic rings. The van der Waals surface area contributed by atoms with Gasteiger partial charge in [-0.3, -0.25) is 0 Å². The van der Waals surface area contributed by atoms with Gasteiger partial charge in [0.25, 0.3) is 0 Å². The summed E-state index contributed by atoms with van der Waals surface area (Å²) in [6, 6.07) is 0. The molecule has 5 nitrogen and oxygen atoms in total. The Morgan fingerprint density at radius 3 is 2.80 bits per heavy atom. The highest BCUT2D eigenvalue weighted by molar-refractivity contribution is 7.15. The monoisotopic (exact) mass is 230 g/mol. The fraction of sp³-hybridized carbons (Fsp3) is 0.778. The molecule has 0 radical (unpaired) electrons. The molecular weight excluding hydrogens is 212 g/mol. The van der Waals surface area contributed by atoms with E-state index >= 15 is 0 Å². The predicted molar refractivity (Wildman–Crippen MR) is 62.7 cm³/mol. The fourth-order valence-corrected chi connectivity index (χ4v) is 1.76. The Kier molecular flexibility index (Phi) is 5.52. The van der Waals surface area contributed by atoms with Crippen molar-refractivity contribution in [3.63, 3.8) is 0 Å². The van der Waals surface area contributed by atoms with Crippen LogP contribution in [0.3, 0.4) is 0 Å². The zero-order chi connectivity index (χ0) is 11.1. The molecule has 1 aromatic heterocycles. The fourth-order valence-electron chi connectivity index (χ4n) is 1.08. The van der Waals surface area contributed by atoms with Gasteiger partial charge < -0.3 is 15.0 Å². The first-order valence-electron chi connectivity index (χ1n) is 4.95. The predicted octanol–water partition coefficient (Wildman–Crippen LogP) is 0.519. The molecule has 1 N–H and O–H groups in total. The van der Waals surface area contributed by atoms with Gasteiger partial charge in [0.05, 0.1) is 6.61 Å². The van der Waals surface area contributed by atoms with Crippen LogP contribution in [0.25, 0.3) is 0 Å². The molecule has 0 atom stereocenters. The maximum absolute atomic E-state index is 4.94. The standard InChI is InChI=1S/C9H18N4OS/c1-8-11-12-9(15-8)13(2)6-4-10-5-7-14-3/h10H,4-7H2,1-3H3. The smallest absolute Gasteiger partial charge is 0.208 e. The lowest BCUT2D eigenvalue weighted by Crippen LogP contribution is -2.30. The van der Waals surface area contributed by atoms with Crippen molar-refractivity contribution in [2.75, 3.05) is 45.3 Å². The Labute approximate surface area is 94.5 Å². The molecule has 1 rings (SSSR count). The summed E-state index contributed by atoms with van der Waals surface area (Å²) in [4.78, 5) is 2.10. The highest BCUT2D eigenvalue weighted by Gasteiger charge is 2.05. The summed E-state index contributed by atoms with van der Waals surface area (Å²) in [5, 5.41) is 13.3. The molecule has 15 heavy (non-hydrogen) atoms.